The smallest absolute Gasteiger partial charge is 0.252 e. The normalized spacial score (nSPS) is 21.5. The monoisotopic (exact) mass is 225 g/mol. The molecule has 0 bridgehead atoms. The summed E-state index contributed by atoms with van der Waals surface area (Å²) in [4.78, 5) is 27.1. The van der Waals surface area contributed by atoms with E-state index in [1.807, 2.05) is 6.92 Å². The minimum Gasteiger partial charge on any atom is -0.337 e. The first-order valence-corrected chi connectivity index (χ1v) is 5.00. The Morgan fingerprint density at radius 1 is 1.53 bits per heavy atom. The number of nitrogens with zero attached hydrogens (tertiary/aromatic N) is 2. The Labute approximate surface area is 91.7 Å². The summed E-state index contributed by atoms with van der Waals surface area (Å²) in [5, 5.41) is 0. The molecule has 0 spiro atoms. The van der Waals surface area contributed by atoms with Crippen molar-refractivity contribution < 1.29 is 9.59 Å². The first-order valence-electron chi connectivity index (χ1n) is 4.59. The maximum absolute atomic E-state index is 11.7. The largest absolute Gasteiger partial charge is 0.337 e. The summed E-state index contributed by atoms with van der Waals surface area (Å²) >= 11 is 5.07. The summed E-state index contributed by atoms with van der Waals surface area (Å²) in [6.45, 7) is 1.85. The number of aromatic nitrogens is 2. The van der Waals surface area contributed by atoms with Crippen molar-refractivity contribution in [1.82, 2.24) is 14.5 Å². The van der Waals surface area contributed by atoms with Crippen molar-refractivity contribution in [3.05, 3.63) is 16.7 Å². The number of hydrogen-bond donors (Lipinski definition) is 1. The standard InChI is InChI=1S/C9H11N3O2S/c1-5-4-10-9(15)12(5)6-3-7(13)11(2)8(6)14/h4,6H,3H2,1-2H3,(H,10,15). The van der Waals surface area contributed by atoms with Crippen LogP contribution < -0.4 is 0 Å². The number of amides is 2. The predicted octanol–water partition coefficient (Wildman–Crippen LogP) is 0.784. The highest BCUT2D eigenvalue weighted by atomic mass is 32.1. The van der Waals surface area contributed by atoms with Gasteiger partial charge in [0.25, 0.3) is 5.91 Å². The number of likely N-dealkylation sites (tertiary alicyclic amines) is 1. The number of aromatic amines is 1. The van der Waals surface area contributed by atoms with E-state index in [1.165, 1.54) is 7.05 Å². The summed E-state index contributed by atoms with van der Waals surface area (Å²) in [7, 11) is 1.50. The van der Waals surface area contributed by atoms with Crippen LogP contribution in [0.2, 0.25) is 0 Å². The van der Waals surface area contributed by atoms with Crippen LogP contribution in [0.25, 0.3) is 0 Å². The van der Waals surface area contributed by atoms with Gasteiger partial charge in [-0.15, -0.1) is 0 Å². The molecule has 1 aromatic heterocycles. The number of carbonyl (C=O) groups is 2. The van der Waals surface area contributed by atoms with Gasteiger partial charge in [-0.1, -0.05) is 0 Å². The molecule has 2 heterocycles. The van der Waals surface area contributed by atoms with E-state index in [2.05, 4.69) is 4.98 Å². The van der Waals surface area contributed by atoms with Gasteiger partial charge in [0.1, 0.15) is 6.04 Å². The highest BCUT2D eigenvalue weighted by molar-refractivity contribution is 7.71. The molecule has 2 rings (SSSR count). The zero-order valence-corrected chi connectivity index (χ0v) is 9.30. The highest BCUT2D eigenvalue weighted by Crippen LogP contribution is 2.24. The maximum atomic E-state index is 11.7. The molecule has 0 saturated carbocycles. The van der Waals surface area contributed by atoms with E-state index < -0.39 is 6.04 Å². The van der Waals surface area contributed by atoms with Crippen molar-refractivity contribution >= 4 is 24.0 Å². The van der Waals surface area contributed by atoms with Crippen molar-refractivity contribution in [3.63, 3.8) is 0 Å². The lowest BCUT2D eigenvalue weighted by atomic mass is 10.2. The molecule has 1 aliphatic heterocycles. The van der Waals surface area contributed by atoms with Gasteiger partial charge >= 0.3 is 0 Å². The van der Waals surface area contributed by atoms with Gasteiger partial charge in [-0.05, 0) is 19.1 Å². The average Bonchev–Trinajstić information content (AvgIpc) is 2.63. The van der Waals surface area contributed by atoms with Crippen molar-refractivity contribution in [2.75, 3.05) is 7.05 Å². The number of rotatable bonds is 1. The third-order valence-electron chi connectivity index (χ3n) is 2.67. The first-order chi connectivity index (χ1) is 7.02. The fourth-order valence-corrected chi connectivity index (χ4v) is 2.12. The fraction of sp³-hybridized carbons (Fsp3) is 0.444. The van der Waals surface area contributed by atoms with E-state index in [1.54, 1.807) is 10.8 Å². The number of nitrogens with one attached hydrogen (secondary N) is 1. The van der Waals surface area contributed by atoms with Crippen LogP contribution in [-0.2, 0) is 9.59 Å². The van der Waals surface area contributed by atoms with Crippen LogP contribution in [0.3, 0.4) is 0 Å². The molecule has 0 radical (unpaired) electrons. The Kier molecular flexibility index (Phi) is 2.22. The summed E-state index contributed by atoms with van der Waals surface area (Å²) < 4.78 is 2.17. The molecule has 1 fully saturated rings. The van der Waals surface area contributed by atoms with Crippen molar-refractivity contribution in [1.29, 1.82) is 0 Å². The molecule has 1 aromatic rings. The van der Waals surface area contributed by atoms with Gasteiger partial charge < -0.3 is 9.55 Å². The second kappa shape index (κ2) is 3.30. The topological polar surface area (TPSA) is 58.1 Å². The average molecular weight is 225 g/mol. The quantitative estimate of drug-likeness (QED) is 0.567. The number of hydrogen-bond acceptors (Lipinski definition) is 3. The van der Waals surface area contributed by atoms with Crippen LogP contribution in [-0.4, -0.2) is 33.3 Å². The number of imide groups is 1. The number of likely N-dealkylation sites (N-methyl/N-ethyl adjacent to an activating group) is 1. The minimum absolute atomic E-state index is 0.160. The molecule has 1 saturated heterocycles. The predicted molar refractivity (Wildman–Crippen MR) is 55.8 cm³/mol. The van der Waals surface area contributed by atoms with Gasteiger partial charge in [-0.25, -0.2) is 0 Å². The van der Waals surface area contributed by atoms with Crippen molar-refractivity contribution in [2.24, 2.45) is 0 Å². The molecular formula is C9H11N3O2S. The molecule has 1 unspecified atom stereocenters. The first kappa shape index (κ1) is 10.1. The van der Waals surface area contributed by atoms with Crippen molar-refractivity contribution in [3.8, 4) is 0 Å². The lowest BCUT2D eigenvalue weighted by molar-refractivity contribution is -0.137. The molecule has 0 aromatic carbocycles. The van der Waals surface area contributed by atoms with E-state index in [0.29, 0.717) is 4.77 Å². The highest BCUT2D eigenvalue weighted by Gasteiger charge is 2.37. The number of carbonyl (C=O) groups excluding carboxylic acids is 2. The van der Waals surface area contributed by atoms with E-state index in [4.69, 9.17) is 12.2 Å². The lowest BCUT2D eigenvalue weighted by Gasteiger charge is -2.11. The van der Waals surface area contributed by atoms with Gasteiger partial charge in [0.05, 0.1) is 6.42 Å². The summed E-state index contributed by atoms with van der Waals surface area (Å²) in [6, 6.07) is -0.471. The van der Waals surface area contributed by atoms with Crippen LogP contribution in [0.15, 0.2) is 6.20 Å². The molecule has 2 amide bonds. The molecule has 80 valence electrons. The van der Waals surface area contributed by atoms with E-state index in [9.17, 15) is 9.59 Å². The van der Waals surface area contributed by atoms with Crippen molar-refractivity contribution in [2.45, 2.75) is 19.4 Å². The Morgan fingerprint density at radius 3 is 2.60 bits per heavy atom. The zero-order chi connectivity index (χ0) is 11.2. The third kappa shape index (κ3) is 1.41. The number of H-pyrrole nitrogens is 1. The van der Waals surface area contributed by atoms with Crippen LogP contribution >= 0.6 is 12.2 Å². The van der Waals surface area contributed by atoms with Gasteiger partial charge in [0, 0.05) is 18.9 Å². The molecule has 5 nitrogen and oxygen atoms in total. The summed E-state index contributed by atoms with van der Waals surface area (Å²) in [5.41, 5.74) is 0.862. The molecule has 1 aliphatic rings. The summed E-state index contributed by atoms with van der Waals surface area (Å²) in [5.74, 6) is -0.355. The molecule has 15 heavy (non-hydrogen) atoms. The van der Waals surface area contributed by atoms with Crippen LogP contribution in [0.5, 0.6) is 0 Å². The zero-order valence-electron chi connectivity index (χ0n) is 8.48. The van der Waals surface area contributed by atoms with Gasteiger partial charge in [0.15, 0.2) is 4.77 Å². The molecule has 6 heteroatoms. The molecule has 1 atom stereocenters. The Hall–Kier alpha value is -1.43. The lowest BCUT2D eigenvalue weighted by Crippen LogP contribution is -2.27. The minimum atomic E-state index is -0.471. The van der Waals surface area contributed by atoms with Gasteiger partial charge in [0.2, 0.25) is 5.91 Å². The number of aryl methyl sites for hydroxylation is 1. The fourth-order valence-electron chi connectivity index (χ4n) is 1.79. The molecular weight excluding hydrogens is 214 g/mol. The van der Waals surface area contributed by atoms with E-state index in [0.717, 1.165) is 10.6 Å². The maximum Gasteiger partial charge on any atom is 0.252 e. The van der Waals surface area contributed by atoms with E-state index >= 15 is 0 Å². The SMILES string of the molecule is Cc1c[nH]c(=S)n1C1CC(=O)N(C)C1=O. The Balaban J connectivity index is 2.46. The third-order valence-corrected chi connectivity index (χ3v) is 2.99. The Morgan fingerprint density at radius 2 is 2.20 bits per heavy atom. The number of imidazole rings is 1. The second-order valence-electron chi connectivity index (χ2n) is 3.62. The van der Waals surface area contributed by atoms with Crippen LogP contribution in [0, 0.1) is 11.7 Å². The second-order valence-corrected chi connectivity index (χ2v) is 4.00. The van der Waals surface area contributed by atoms with Crippen LogP contribution in [0.1, 0.15) is 18.2 Å². The summed E-state index contributed by atoms with van der Waals surface area (Å²) in [6.07, 6.45) is 1.93. The molecule has 0 aliphatic carbocycles. The van der Waals surface area contributed by atoms with Crippen LogP contribution in [0.4, 0.5) is 0 Å². The van der Waals surface area contributed by atoms with Gasteiger partial charge in [-0.3, -0.25) is 14.5 Å². The van der Waals surface area contributed by atoms with Gasteiger partial charge in [-0.2, -0.15) is 0 Å². The molecule has 1 N–H and O–H groups in total. The van der Waals surface area contributed by atoms with E-state index in [-0.39, 0.29) is 18.2 Å². The Bertz CT molecular complexity index is 488.